The Bertz CT molecular complexity index is 887. The van der Waals surface area contributed by atoms with Gasteiger partial charge < -0.3 is 14.7 Å². The largest absolute Gasteiger partial charge is 0.356 e. The third-order valence-electron chi connectivity index (χ3n) is 6.54. The number of likely N-dealkylation sites (tertiary alicyclic amines) is 1. The minimum atomic E-state index is 0.0236. The van der Waals surface area contributed by atoms with Gasteiger partial charge >= 0.3 is 0 Å². The van der Waals surface area contributed by atoms with Crippen LogP contribution in [0, 0.1) is 19.8 Å². The van der Waals surface area contributed by atoms with Gasteiger partial charge in [0.1, 0.15) is 12.1 Å². The first kappa shape index (κ1) is 20.8. The minimum absolute atomic E-state index is 0.0236. The smallest absolute Gasteiger partial charge is 0.227 e. The van der Waals surface area contributed by atoms with Crippen LogP contribution in [0.4, 0.5) is 5.82 Å². The zero-order valence-electron chi connectivity index (χ0n) is 18.6. The molecule has 2 aromatic heterocycles. The number of piperidine rings is 2. The van der Waals surface area contributed by atoms with Gasteiger partial charge in [-0.05, 0) is 65.7 Å². The fourth-order valence-corrected chi connectivity index (χ4v) is 4.72. The highest BCUT2D eigenvalue weighted by Crippen LogP contribution is 2.26. The van der Waals surface area contributed by atoms with Gasteiger partial charge in [0.2, 0.25) is 5.91 Å². The highest BCUT2D eigenvalue weighted by molar-refractivity contribution is 5.79. The number of rotatable bonds is 4. The third-order valence-corrected chi connectivity index (χ3v) is 6.54. The van der Waals surface area contributed by atoms with Crippen LogP contribution in [0.25, 0.3) is 5.82 Å². The molecular formula is C22H33N7O. The molecule has 2 fully saturated rings. The lowest BCUT2D eigenvalue weighted by atomic mass is 9.94. The second-order valence-corrected chi connectivity index (χ2v) is 8.84. The monoisotopic (exact) mass is 411 g/mol. The highest BCUT2D eigenvalue weighted by Gasteiger charge is 2.32. The molecule has 4 heterocycles. The zero-order valence-corrected chi connectivity index (χ0v) is 18.6. The molecule has 0 N–H and O–H groups in total. The molecule has 2 aromatic rings. The number of hydrogen-bond donors (Lipinski definition) is 0. The lowest BCUT2D eigenvalue weighted by Crippen LogP contribution is -2.49. The first-order valence-electron chi connectivity index (χ1n) is 11.0. The van der Waals surface area contributed by atoms with Crippen LogP contribution in [0.1, 0.15) is 37.1 Å². The molecule has 2 aliphatic heterocycles. The van der Waals surface area contributed by atoms with Crippen molar-refractivity contribution in [1.82, 2.24) is 29.5 Å². The van der Waals surface area contributed by atoms with Crippen LogP contribution in [0.2, 0.25) is 0 Å². The van der Waals surface area contributed by atoms with Crippen molar-refractivity contribution in [2.24, 2.45) is 5.92 Å². The van der Waals surface area contributed by atoms with E-state index >= 15 is 0 Å². The first-order valence-corrected chi connectivity index (χ1v) is 11.0. The number of hydrogen-bond acceptors (Lipinski definition) is 6. The van der Waals surface area contributed by atoms with Crippen molar-refractivity contribution in [2.75, 3.05) is 45.2 Å². The van der Waals surface area contributed by atoms with Crippen molar-refractivity contribution in [3.63, 3.8) is 0 Å². The Hall–Kier alpha value is -2.48. The lowest BCUT2D eigenvalue weighted by molar-refractivity contribution is -0.137. The predicted molar refractivity (Wildman–Crippen MR) is 117 cm³/mol. The second-order valence-electron chi connectivity index (χ2n) is 8.84. The average molecular weight is 412 g/mol. The van der Waals surface area contributed by atoms with Crippen molar-refractivity contribution in [2.45, 2.75) is 45.6 Å². The molecule has 0 bridgehead atoms. The Morgan fingerprint density at radius 1 is 1.07 bits per heavy atom. The molecule has 8 nitrogen and oxygen atoms in total. The molecule has 1 amide bonds. The Morgan fingerprint density at radius 2 is 1.80 bits per heavy atom. The summed E-state index contributed by atoms with van der Waals surface area (Å²) in [5.74, 6) is 1.94. The molecule has 0 aliphatic carbocycles. The van der Waals surface area contributed by atoms with Crippen LogP contribution in [-0.2, 0) is 4.79 Å². The molecule has 2 aliphatic rings. The van der Waals surface area contributed by atoms with Gasteiger partial charge in [0, 0.05) is 37.9 Å². The van der Waals surface area contributed by atoms with Gasteiger partial charge in [-0.15, -0.1) is 0 Å². The molecule has 0 radical (unpaired) electrons. The van der Waals surface area contributed by atoms with E-state index in [0.29, 0.717) is 12.6 Å². The summed E-state index contributed by atoms with van der Waals surface area (Å²) in [6, 6.07) is 4.38. The lowest BCUT2D eigenvalue weighted by Gasteiger charge is -2.39. The van der Waals surface area contributed by atoms with E-state index in [9.17, 15) is 4.79 Å². The number of aromatic nitrogens is 4. The van der Waals surface area contributed by atoms with Crippen molar-refractivity contribution in [3.05, 3.63) is 29.8 Å². The summed E-state index contributed by atoms with van der Waals surface area (Å²) >= 11 is 0. The summed E-state index contributed by atoms with van der Waals surface area (Å²) in [6.07, 6.45) is 5.66. The van der Waals surface area contributed by atoms with Crippen molar-refractivity contribution in [1.29, 1.82) is 0 Å². The van der Waals surface area contributed by atoms with Crippen LogP contribution in [0.5, 0.6) is 0 Å². The van der Waals surface area contributed by atoms with Gasteiger partial charge in [-0.3, -0.25) is 4.79 Å². The fourth-order valence-electron chi connectivity index (χ4n) is 4.72. The highest BCUT2D eigenvalue weighted by atomic mass is 16.2. The number of carbonyl (C=O) groups excluding carboxylic acids is 1. The van der Waals surface area contributed by atoms with Gasteiger partial charge in [0.15, 0.2) is 5.82 Å². The van der Waals surface area contributed by atoms with E-state index in [1.54, 1.807) is 6.33 Å². The van der Waals surface area contributed by atoms with E-state index < -0.39 is 0 Å². The van der Waals surface area contributed by atoms with Crippen molar-refractivity contribution >= 4 is 11.7 Å². The van der Waals surface area contributed by atoms with Gasteiger partial charge in [0.25, 0.3) is 0 Å². The van der Waals surface area contributed by atoms with Crippen LogP contribution in [0.3, 0.4) is 0 Å². The molecule has 1 unspecified atom stereocenters. The molecule has 30 heavy (non-hydrogen) atoms. The summed E-state index contributed by atoms with van der Waals surface area (Å²) in [5.41, 5.74) is 2.01. The summed E-state index contributed by atoms with van der Waals surface area (Å²) in [6.45, 7) is 7.76. The zero-order chi connectivity index (χ0) is 21.3. The Kier molecular flexibility index (Phi) is 6.04. The number of amides is 1. The first-order chi connectivity index (χ1) is 14.4. The minimum Gasteiger partial charge on any atom is -0.356 e. The van der Waals surface area contributed by atoms with Gasteiger partial charge in [-0.2, -0.15) is 5.10 Å². The van der Waals surface area contributed by atoms with E-state index in [2.05, 4.69) is 31.9 Å². The molecule has 0 saturated carbocycles. The number of carbonyl (C=O) groups is 1. The van der Waals surface area contributed by atoms with Gasteiger partial charge in [0.05, 0.1) is 11.6 Å². The number of anilines is 1. The topological polar surface area (TPSA) is 70.4 Å². The van der Waals surface area contributed by atoms with Crippen LogP contribution < -0.4 is 4.90 Å². The molecule has 8 heteroatoms. The fraction of sp³-hybridized carbons (Fsp3) is 0.636. The van der Waals surface area contributed by atoms with Crippen molar-refractivity contribution < 1.29 is 4.79 Å². The van der Waals surface area contributed by atoms with E-state index in [-0.39, 0.29) is 11.8 Å². The summed E-state index contributed by atoms with van der Waals surface area (Å²) in [4.78, 5) is 28.7. The number of nitrogens with zero attached hydrogens (tertiary/aromatic N) is 7. The van der Waals surface area contributed by atoms with Crippen LogP contribution in [0.15, 0.2) is 18.5 Å². The molecule has 0 spiro atoms. The van der Waals surface area contributed by atoms with Crippen molar-refractivity contribution in [3.8, 4) is 5.82 Å². The summed E-state index contributed by atoms with van der Waals surface area (Å²) in [7, 11) is 4.14. The van der Waals surface area contributed by atoms with E-state index in [1.807, 2.05) is 42.6 Å². The number of aryl methyl sites for hydroxylation is 2. The maximum Gasteiger partial charge on any atom is 0.227 e. The van der Waals surface area contributed by atoms with Gasteiger partial charge in [-0.1, -0.05) is 0 Å². The van der Waals surface area contributed by atoms with E-state index in [1.165, 1.54) is 0 Å². The molecule has 2 saturated heterocycles. The summed E-state index contributed by atoms with van der Waals surface area (Å²) in [5, 5.41) is 4.53. The normalized spacial score (nSPS) is 21.1. The third kappa shape index (κ3) is 4.33. The quantitative estimate of drug-likeness (QED) is 0.767. The van der Waals surface area contributed by atoms with Crippen LogP contribution in [-0.4, -0.2) is 81.8 Å². The standard InChI is InChI=1S/C22H33N7O/c1-16-12-17(2)29(25-16)21-13-20(23-15-24-21)28-9-5-6-18(14-28)22(30)27(4)19-7-10-26(3)11-8-19/h12-13,15,18-19H,5-11,14H2,1-4H3. The Labute approximate surface area is 178 Å². The molecule has 1 atom stereocenters. The Balaban J connectivity index is 1.45. The second kappa shape index (κ2) is 8.71. The summed E-state index contributed by atoms with van der Waals surface area (Å²) < 4.78 is 1.85. The van der Waals surface area contributed by atoms with Gasteiger partial charge in [-0.25, -0.2) is 14.6 Å². The Morgan fingerprint density at radius 3 is 2.50 bits per heavy atom. The average Bonchev–Trinajstić information content (AvgIpc) is 3.11. The SMILES string of the molecule is Cc1cc(C)n(-c2cc(N3CCCC(C(=O)N(C)C4CCN(C)CC4)C3)ncn2)n1. The molecule has 162 valence electrons. The predicted octanol–water partition coefficient (Wildman–Crippen LogP) is 2.05. The molecule has 0 aromatic carbocycles. The maximum absolute atomic E-state index is 13.2. The molecule has 4 rings (SSSR count). The van der Waals surface area contributed by atoms with E-state index in [4.69, 9.17) is 0 Å². The maximum atomic E-state index is 13.2. The molecular weight excluding hydrogens is 378 g/mol. The van der Waals surface area contributed by atoms with Crippen LogP contribution >= 0.6 is 0 Å². The van der Waals surface area contributed by atoms with E-state index in [0.717, 1.165) is 68.3 Å².